The predicted molar refractivity (Wildman–Crippen MR) is 69.3 cm³/mol. The number of hydrogen-bond donors (Lipinski definition) is 2. The molecule has 1 atom stereocenters. The van der Waals surface area contributed by atoms with Gasteiger partial charge in [-0.15, -0.1) is 0 Å². The van der Waals surface area contributed by atoms with Crippen LogP contribution in [0.4, 0.5) is 5.69 Å². The highest BCUT2D eigenvalue weighted by Gasteiger charge is 2.07. The minimum atomic E-state index is -0.606. The molecule has 0 aliphatic heterocycles. The van der Waals surface area contributed by atoms with Gasteiger partial charge in [-0.3, -0.25) is 4.68 Å². The summed E-state index contributed by atoms with van der Waals surface area (Å²) in [6, 6.07) is 7.13. The van der Waals surface area contributed by atoms with E-state index < -0.39 is 6.10 Å². The van der Waals surface area contributed by atoms with Crippen molar-refractivity contribution in [2.75, 3.05) is 12.3 Å². The Hall–Kier alpha value is -2.01. The third kappa shape index (κ3) is 3.49. The van der Waals surface area contributed by atoms with Gasteiger partial charge in [-0.2, -0.15) is 5.10 Å². The van der Waals surface area contributed by atoms with Crippen molar-refractivity contribution in [3.8, 4) is 5.75 Å². The Labute approximate surface area is 106 Å². The average molecular weight is 247 g/mol. The molecule has 0 bridgehead atoms. The number of aliphatic hydroxyl groups excluding tert-OH is 1. The standard InChI is InChI=1S/C13H17N3O2/c1-10-6-15-16(7-10)8-12(17)9-18-13-4-2-3-11(14)5-13/h2-7,12,17H,8-9,14H2,1H3. The van der Waals surface area contributed by atoms with E-state index in [1.165, 1.54) is 0 Å². The molecule has 0 saturated heterocycles. The molecule has 3 N–H and O–H groups in total. The maximum absolute atomic E-state index is 9.83. The molecule has 5 nitrogen and oxygen atoms in total. The highest BCUT2D eigenvalue weighted by molar-refractivity contribution is 5.43. The summed E-state index contributed by atoms with van der Waals surface area (Å²) in [6.07, 6.45) is 3.03. The largest absolute Gasteiger partial charge is 0.491 e. The first-order chi connectivity index (χ1) is 8.63. The van der Waals surface area contributed by atoms with E-state index >= 15 is 0 Å². The van der Waals surface area contributed by atoms with Crippen LogP contribution in [0.3, 0.4) is 0 Å². The number of aliphatic hydroxyl groups is 1. The van der Waals surface area contributed by atoms with Crippen LogP contribution < -0.4 is 10.5 Å². The molecule has 5 heteroatoms. The van der Waals surface area contributed by atoms with Gasteiger partial charge in [-0.25, -0.2) is 0 Å². The smallest absolute Gasteiger partial charge is 0.121 e. The van der Waals surface area contributed by atoms with E-state index in [0.29, 0.717) is 18.0 Å². The molecule has 96 valence electrons. The zero-order valence-corrected chi connectivity index (χ0v) is 10.3. The molecule has 0 saturated carbocycles. The van der Waals surface area contributed by atoms with Gasteiger partial charge in [-0.1, -0.05) is 6.07 Å². The molecule has 0 aliphatic rings. The van der Waals surface area contributed by atoms with Crippen molar-refractivity contribution in [3.63, 3.8) is 0 Å². The minimum Gasteiger partial charge on any atom is -0.491 e. The van der Waals surface area contributed by atoms with Gasteiger partial charge in [-0.05, 0) is 24.6 Å². The van der Waals surface area contributed by atoms with Crippen LogP contribution in [0.5, 0.6) is 5.75 Å². The predicted octanol–water partition coefficient (Wildman–Crippen LogP) is 1.21. The molecule has 0 fully saturated rings. The first-order valence-corrected chi connectivity index (χ1v) is 5.79. The van der Waals surface area contributed by atoms with Crippen LogP contribution in [0.15, 0.2) is 36.7 Å². The summed E-state index contributed by atoms with van der Waals surface area (Å²) in [5.41, 5.74) is 7.35. The highest BCUT2D eigenvalue weighted by Crippen LogP contribution is 2.14. The van der Waals surface area contributed by atoms with Gasteiger partial charge in [0.05, 0.1) is 12.7 Å². The summed E-state index contributed by atoms with van der Waals surface area (Å²) < 4.78 is 7.15. The third-order valence-corrected chi connectivity index (χ3v) is 2.46. The second-order valence-electron chi connectivity index (χ2n) is 4.28. The normalized spacial score (nSPS) is 12.3. The Morgan fingerprint density at radius 2 is 2.33 bits per heavy atom. The highest BCUT2D eigenvalue weighted by atomic mass is 16.5. The molecule has 1 unspecified atom stereocenters. The van der Waals surface area contributed by atoms with Crippen molar-refractivity contribution in [1.82, 2.24) is 9.78 Å². The van der Waals surface area contributed by atoms with E-state index in [0.717, 1.165) is 5.56 Å². The Bertz CT molecular complexity index is 510. The number of anilines is 1. The van der Waals surface area contributed by atoms with Crippen LogP contribution in [0.2, 0.25) is 0 Å². The van der Waals surface area contributed by atoms with Gasteiger partial charge >= 0.3 is 0 Å². The monoisotopic (exact) mass is 247 g/mol. The van der Waals surface area contributed by atoms with Crippen LogP contribution in [0, 0.1) is 6.92 Å². The van der Waals surface area contributed by atoms with Crippen LogP contribution in [0.25, 0.3) is 0 Å². The van der Waals surface area contributed by atoms with Gasteiger partial charge < -0.3 is 15.6 Å². The SMILES string of the molecule is Cc1cnn(CC(O)COc2cccc(N)c2)c1. The molecule has 1 aromatic carbocycles. The summed E-state index contributed by atoms with van der Waals surface area (Å²) in [5, 5.41) is 13.9. The second kappa shape index (κ2) is 5.55. The second-order valence-corrected chi connectivity index (χ2v) is 4.28. The summed E-state index contributed by atoms with van der Waals surface area (Å²) in [5.74, 6) is 0.658. The molecular weight excluding hydrogens is 230 g/mol. The Morgan fingerprint density at radius 3 is 3.00 bits per heavy atom. The average Bonchev–Trinajstić information content (AvgIpc) is 2.72. The lowest BCUT2D eigenvalue weighted by Crippen LogP contribution is -2.23. The summed E-state index contributed by atoms with van der Waals surface area (Å²) in [4.78, 5) is 0. The fourth-order valence-electron chi connectivity index (χ4n) is 1.63. The molecule has 2 rings (SSSR count). The van der Waals surface area contributed by atoms with Crippen LogP contribution in [-0.2, 0) is 6.54 Å². The van der Waals surface area contributed by atoms with E-state index in [9.17, 15) is 5.11 Å². The van der Waals surface area contributed by atoms with E-state index in [4.69, 9.17) is 10.5 Å². The van der Waals surface area contributed by atoms with Gasteiger partial charge in [0.2, 0.25) is 0 Å². The maximum Gasteiger partial charge on any atom is 0.121 e. The number of nitrogens with two attached hydrogens (primary N) is 1. The number of aromatic nitrogens is 2. The van der Waals surface area contributed by atoms with Crippen molar-refractivity contribution in [2.24, 2.45) is 0 Å². The number of benzene rings is 1. The fraction of sp³-hybridized carbons (Fsp3) is 0.308. The molecule has 1 heterocycles. The van der Waals surface area contributed by atoms with E-state index in [-0.39, 0.29) is 6.61 Å². The van der Waals surface area contributed by atoms with Crippen LogP contribution >= 0.6 is 0 Å². The van der Waals surface area contributed by atoms with Crippen molar-refractivity contribution in [3.05, 3.63) is 42.2 Å². The van der Waals surface area contributed by atoms with Gasteiger partial charge in [0.15, 0.2) is 0 Å². The van der Waals surface area contributed by atoms with Crippen molar-refractivity contribution >= 4 is 5.69 Å². The van der Waals surface area contributed by atoms with Crippen LogP contribution in [-0.4, -0.2) is 27.6 Å². The van der Waals surface area contributed by atoms with Gasteiger partial charge in [0.25, 0.3) is 0 Å². The number of rotatable bonds is 5. The topological polar surface area (TPSA) is 73.3 Å². The number of ether oxygens (including phenoxy) is 1. The number of nitrogen functional groups attached to an aromatic ring is 1. The molecule has 0 radical (unpaired) electrons. The first kappa shape index (κ1) is 12.4. The number of aryl methyl sites for hydroxylation is 1. The molecule has 1 aromatic heterocycles. The lowest BCUT2D eigenvalue weighted by atomic mass is 10.3. The molecule has 0 amide bonds. The van der Waals surface area contributed by atoms with Crippen molar-refractivity contribution < 1.29 is 9.84 Å². The summed E-state index contributed by atoms with van der Waals surface area (Å²) in [7, 11) is 0. The molecular formula is C13H17N3O2. The van der Waals surface area contributed by atoms with Gasteiger partial charge in [0.1, 0.15) is 18.5 Å². The van der Waals surface area contributed by atoms with Crippen molar-refractivity contribution in [1.29, 1.82) is 0 Å². The van der Waals surface area contributed by atoms with Crippen LogP contribution in [0.1, 0.15) is 5.56 Å². The fourth-order valence-corrected chi connectivity index (χ4v) is 1.63. The molecule has 2 aromatic rings. The number of nitrogens with zero attached hydrogens (tertiary/aromatic N) is 2. The zero-order valence-electron chi connectivity index (χ0n) is 10.3. The molecule has 0 aliphatic carbocycles. The minimum absolute atomic E-state index is 0.211. The Morgan fingerprint density at radius 1 is 1.50 bits per heavy atom. The van der Waals surface area contributed by atoms with Gasteiger partial charge in [0, 0.05) is 18.0 Å². The number of hydrogen-bond acceptors (Lipinski definition) is 4. The lowest BCUT2D eigenvalue weighted by Gasteiger charge is -2.12. The molecule has 0 spiro atoms. The quantitative estimate of drug-likeness (QED) is 0.779. The molecule has 18 heavy (non-hydrogen) atoms. The third-order valence-electron chi connectivity index (χ3n) is 2.46. The lowest BCUT2D eigenvalue weighted by molar-refractivity contribution is 0.0893. The first-order valence-electron chi connectivity index (χ1n) is 5.79. The van der Waals surface area contributed by atoms with E-state index in [1.54, 1.807) is 29.1 Å². The van der Waals surface area contributed by atoms with E-state index in [1.807, 2.05) is 19.2 Å². The zero-order chi connectivity index (χ0) is 13.0. The Kier molecular flexibility index (Phi) is 3.84. The summed E-state index contributed by atoms with van der Waals surface area (Å²) in [6.45, 7) is 2.58. The maximum atomic E-state index is 9.83. The Balaban J connectivity index is 1.83. The summed E-state index contributed by atoms with van der Waals surface area (Å²) >= 11 is 0. The van der Waals surface area contributed by atoms with Crippen molar-refractivity contribution in [2.45, 2.75) is 19.6 Å². The van der Waals surface area contributed by atoms with E-state index in [2.05, 4.69) is 5.10 Å².